The fourth-order valence-corrected chi connectivity index (χ4v) is 2.00. The van der Waals surface area contributed by atoms with Gasteiger partial charge in [-0.1, -0.05) is 0 Å². The van der Waals surface area contributed by atoms with E-state index >= 15 is 0 Å². The van der Waals surface area contributed by atoms with Crippen LogP contribution in [-0.2, 0) is 6.54 Å². The smallest absolute Gasteiger partial charge is 0.121 e. The van der Waals surface area contributed by atoms with Crippen LogP contribution in [0.1, 0.15) is 5.01 Å². The largest absolute Gasteiger partial charge is 0.497 e. The van der Waals surface area contributed by atoms with Crippen molar-refractivity contribution in [3.8, 4) is 5.75 Å². The Morgan fingerprint density at radius 3 is 3.08 bits per heavy atom. The van der Waals surface area contributed by atoms with Gasteiger partial charge in [-0.2, -0.15) is 0 Å². The molecular formula is C9H10N2OS. The van der Waals surface area contributed by atoms with Gasteiger partial charge in [-0.15, -0.1) is 11.3 Å². The molecule has 3 nitrogen and oxygen atoms in total. The van der Waals surface area contributed by atoms with E-state index < -0.39 is 0 Å². The Kier molecular flexibility index (Phi) is 2.16. The van der Waals surface area contributed by atoms with Crippen LogP contribution >= 0.6 is 11.3 Å². The maximum atomic E-state index is 5.50. The molecule has 0 unspecified atom stereocenters. The minimum Gasteiger partial charge on any atom is -0.497 e. The number of fused-ring (bicyclic) bond motifs is 1. The number of ether oxygens (including phenoxy) is 1. The zero-order valence-electron chi connectivity index (χ0n) is 7.28. The van der Waals surface area contributed by atoms with Crippen molar-refractivity contribution in [3.05, 3.63) is 23.2 Å². The highest BCUT2D eigenvalue weighted by molar-refractivity contribution is 7.18. The quantitative estimate of drug-likeness (QED) is 0.792. The van der Waals surface area contributed by atoms with Gasteiger partial charge in [0, 0.05) is 12.6 Å². The minimum absolute atomic E-state index is 0.502. The number of nitrogens with zero attached hydrogens (tertiary/aromatic N) is 1. The molecule has 2 N–H and O–H groups in total. The van der Waals surface area contributed by atoms with Crippen LogP contribution in [0.3, 0.4) is 0 Å². The van der Waals surface area contributed by atoms with Gasteiger partial charge in [-0.3, -0.25) is 0 Å². The predicted molar refractivity (Wildman–Crippen MR) is 54.1 cm³/mol. The Morgan fingerprint density at radius 2 is 2.38 bits per heavy atom. The first-order chi connectivity index (χ1) is 6.33. The second-order valence-electron chi connectivity index (χ2n) is 2.65. The number of thiazole rings is 1. The maximum Gasteiger partial charge on any atom is 0.121 e. The van der Waals surface area contributed by atoms with Crippen molar-refractivity contribution in [3.63, 3.8) is 0 Å². The summed E-state index contributed by atoms with van der Waals surface area (Å²) >= 11 is 1.62. The van der Waals surface area contributed by atoms with Crippen molar-refractivity contribution in [2.45, 2.75) is 6.54 Å². The van der Waals surface area contributed by atoms with E-state index in [4.69, 9.17) is 10.5 Å². The van der Waals surface area contributed by atoms with E-state index in [0.717, 1.165) is 21.0 Å². The fourth-order valence-electron chi connectivity index (χ4n) is 1.17. The molecular weight excluding hydrogens is 184 g/mol. The van der Waals surface area contributed by atoms with Crippen molar-refractivity contribution in [1.82, 2.24) is 4.98 Å². The van der Waals surface area contributed by atoms with Gasteiger partial charge in [0.1, 0.15) is 10.8 Å². The number of hydrogen-bond donors (Lipinski definition) is 1. The van der Waals surface area contributed by atoms with Crippen LogP contribution in [0.5, 0.6) is 5.75 Å². The van der Waals surface area contributed by atoms with Gasteiger partial charge < -0.3 is 10.5 Å². The average molecular weight is 194 g/mol. The number of benzene rings is 1. The molecule has 1 aromatic heterocycles. The molecule has 0 saturated carbocycles. The van der Waals surface area contributed by atoms with E-state index in [-0.39, 0.29) is 0 Å². The lowest BCUT2D eigenvalue weighted by atomic mass is 10.3. The molecule has 0 spiro atoms. The van der Waals surface area contributed by atoms with Crippen LogP contribution in [0.4, 0.5) is 0 Å². The van der Waals surface area contributed by atoms with Gasteiger partial charge in [0.25, 0.3) is 0 Å². The second-order valence-corrected chi connectivity index (χ2v) is 3.76. The predicted octanol–water partition coefficient (Wildman–Crippen LogP) is 1.76. The van der Waals surface area contributed by atoms with Gasteiger partial charge in [0.15, 0.2) is 0 Å². The summed E-state index contributed by atoms with van der Waals surface area (Å²) in [6.07, 6.45) is 0. The monoisotopic (exact) mass is 194 g/mol. The first kappa shape index (κ1) is 8.47. The third-order valence-electron chi connectivity index (χ3n) is 1.81. The second kappa shape index (κ2) is 3.32. The Hall–Kier alpha value is -1.13. The van der Waals surface area contributed by atoms with Crippen LogP contribution < -0.4 is 10.5 Å². The molecule has 0 aliphatic carbocycles. The molecule has 2 aromatic rings. The lowest BCUT2D eigenvalue weighted by Crippen LogP contribution is -1.93. The summed E-state index contributed by atoms with van der Waals surface area (Å²) < 4.78 is 6.25. The van der Waals surface area contributed by atoms with E-state index in [1.165, 1.54) is 0 Å². The highest BCUT2D eigenvalue weighted by atomic mass is 32.1. The van der Waals surface area contributed by atoms with Crippen molar-refractivity contribution >= 4 is 21.6 Å². The molecule has 0 atom stereocenters. The van der Waals surface area contributed by atoms with Gasteiger partial charge >= 0.3 is 0 Å². The topological polar surface area (TPSA) is 48.1 Å². The summed E-state index contributed by atoms with van der Waals surface area (Å²) in [6.45, 7) is 0.502. The molecule has 1 aromatic carbocycles. The van der Waals surface area contributed by atoms with E-state index in [9.17, 15) is 0 Å². The molecule has 0 aliphatic heterocycles. The summed E-state index contributed by atoms with van der Waals surface area (Å²) in [5.41, 5.74) is 6.46. The van der Waals surface area contributed by atoms with Gasteiger partial charge in [0.2, 0.25) is 0 Å². The molecule has 2 rings (SSSR count). The SMILES string of the molecule is COc1ccc2sc(CN)nc2c1. The lowest BCUT2D eigenvalue weighted by molar-refractivity contribution is 0.415. The third kappa shape index (κ3) is 1.50. The molecule has 13 heavy (non-hydrogen) atoms. The Bertz CT molecular complexity index is 422. The molecule has 0 aliphatic rings. The van der Waals surface area contributed by atoms with E-state index in [0.29, 0.717) is 6.54 Å². The van der Waals surface area contributed by atoms with Crippen molar-refractivity contribution in [2.24, 2.45) is 5.73 Å². The maximum absolute atomic E-state index is 5.50. The van der Waals surface area contributed by atoms with E-state index in [1.807, 2.05) is 18.2 Å². The molecule has 4 heteroatoms. The van der Waals surface area contributed by atoms with Crippen molar-refractivity contribution in [1.29, 1.82) is 0 Å². The number of nitrogens with two attached hydrogens (primary N) is 1. The molecule has 0 radical (unpaired) electrons. The van der Waals surface area contributed by atoms with Crippen LogP contribution in [-0.4, -0.2) is 12.1 Å². The summed E-state index contributed by atoms with van der Waals surface area (Å²) in [4.78, 5) is 4.35. The lowest BCUT2D eigenvalue weighted by Gasteiger charge is -1.96. The fraction of sp³-hybridized carbons (Fsp3) is 0.222. The number of methoxy groups -OCH3 is 1. The number of aromatic nitrogens is 1. The summed E-state index contributed by atoms with van der Waals surface area (Å²) in [6, 6.07) is 5.86. The van der Waals surface area contributed by atoms with Crippen LogP contribution in [0.2, 0.25) is 0 Å². The van der Waals surface area contributed by atoms with Gasteiger partial charge in [-0.05, 0) is 12.1 Å². The van der Waals surface area contributed by atoms with Crippen LogP contribution in [0.25, 0.3) is 10.2 Å². The number of hydrogen-bond acceptors (Lipinski definition) is 4. The molecule has 1 heterocycles. The molecule has 0 saturated heterocycles. The normalized spacial score (nSPS) is 10.6. The summed E-state index contributed by atoms with van der Waals surface area (Å²) in [5, 5.41) is 0.961. The summed E-state index contributed by atoms with van der Waals surface area (Å²) in [5.74, 6) is 0.835. The summed E-state index contributed by atoms with van der Waals surface area (Å²) in [7, 11) is 1.65. The first-order valence-electron chi connectivity index (χ1n) is 3.97. The van der Waals surface area contributed by atoms with E-state index in [1.54, 1.807) is 18.4 Å². The van der Waals surface area contributed by atoms with Crippen molar-refractivity contribution in [2.75, 3.05) is 7.11 Å². The third-order valence-corrected chi connectivity index (χ3v) is 2.87. The minimum atomic E-state index is 0.502. The number of rotatable bonds is 2. The Balaban J connectivity index is 2.57. The van der Waals surface area contributed by atoms with Crippen LogP contribution in [0.15, 0.2) is 18.2 Å². The highest BCUT2D eigenvalue weighted by Crippen LogP contribution is 2.25. The molecule has 0 fully saturated rings. The Morgan fingerprint density at radius 1 is 1.54 bits per heavy atom. The zero-order chi connectivity index (χ0) is 9.26. The van der Waals surface area contributed by atoms with Gasteiger partial charge in [-0.25, -0.2) is 4.98 Å². The molecule has 0 bridgehead atoms. The highest BCUT2D eigenvalue weighted by Gasteiger charge is 2.02. The van der Waals surface area contributed by atoms with Gasteiger partial charge in [0.05, 0.1) is 17.3 Å². The standard InChI is InChI=1S/C9H10N2OS/c1-12-6-2-3-8-7(4-6)11-9(5-10)13-8/h2-4H,5,10H2,1H3. The first-order valence-corrected chi connectivity index (χ1v) is 4.78. The Labute approximate surface area is 80.2 Å². The molecule has 0 amide bonds. The average Bonchev–Trinajstić information content (AvgIpc) is 2.58. The van der Waals surface area contributed by atoms with Crippen LogP contribution in [0, 0.1) is 0 Å². The van der Waals surface area contributed by atoms with E-state index in [2.05, 4.69) is 4.98 Å². The molecule has 68 valence electrons. The van der Waals surface area contributed by atoms with Crippen molar-refractivity contribution < 1.29 is 4.74 Å². The zero-order valence-corrected chi connectivity index (χ0v) is 8.10.